The van der Waals surface area contributed by atoms with Gasteiger partial charge in [0.1, 0.15) is 5.76 Å². The third-order valence-electron chi connectivity index (χ3n) is 5.92. The van der Waals surface area contributed by atoms with E-state index in [4.69, 9.17) is 9.15 Å². The predicted molar refractivity (Wildman–Crippen MR) is 110 cm³/mol. The Hall–Kier alpha value is -3.07. The fourth-order valence-electron chi connectivity index (χ4n) is 4.63. The van der Waals surface area contributed by atoms with Gasteiger partial charge in [-0.25, -0.2) is 4.68 Å². The van der Waals surface area contributed by atoms with E-state index in [9.17, 15) is 18.0 Å². The number of hydrogen-bond acceptors (Lipinski definition) is 4. The van der Waals surface area contributed by atoms with Gasteiger partial charge in [0.15, 0.2) is 5.69 Å². The molecule has 0 N–H and O–H groups in total. The highest BCUT2D eigenvalue weighted by molar-refractivity contribution is 5.94. The number of amides is 1. The number of halogens is 3. The standard InChI is InChI=1S/C23H22F3N3O3/c1-13-11-28(12-14(2)32-13)22(30)15-3-5-16(6-4-15)29-20-17-9-10-31-19(17)8-7-18(20)21(27-29)23(24,25)26/h3-6,9-10,13-14H,7-8,11-12H2,1-2H3. The summed E-state index contributed by atoms with van der Waals surface area (Å²) >= 11 is 0. The minimum absolute atomic E-state index is 0.0532. The number of carbonyl (C=O) groups excluding carboxylic acids is 1. The first-order chi connectivity index (χ1) is 15.2. The van der Waals surface area contributed by atoms with Crippen molar-refractivity contribution in [1.29, 1.82) is 0 Å². The van der Waals surface area contributed by atoms with Gasteiger partial charge in [0.05, 0.1) is 29.9 Å². The van der Waals surface area contributed by atoms with Crippen LogP contribution >= 0.6 is 0 Å². The molecule has 6 nitrogen and oxygen atoms in total. The number of nitrogens with zero attached hydrogens (tertiary/aromatic N) is 3. The molecule has 5 rings (SSSR count). The largest absolute Gasteiger partial charge is 0.469 e. The zero-order valence-corrected chi connectivity index (χ0v) is 17.6. The number of benzene rings is 1. The van der Waals surface area contributed by atoms with Gasteiger partial charge in [0.25, 0.3) is 5.91 Å². The molecule has 1 aliphatic carbocycles. The summed E-state index contributed by atoms with van der Waals surface area (Å²) in [6, 6.07) is 8.18. The second-order valence-corrected chi connectivity index (χ2v) is 8.36. The van der Waals surface area contributed by atoms with Gasteiger partial charge in [0, 0.05) is 36.2 Å². The zero-order chi connectivity index (χ0) is 22.6. The van der Waals surface area contributed by atoms with Crippen molar-refractivity contribution < 1.29 is 27.1 Å². The molecular weight excluding hydrogens is 423 g/mol. The highest BCUT2D eigenvalue weighted by Gasteiger charge is 2.41. The van der Waals surface area contributed by atoms with Crippen molar-refractivity contribution in [1.82, 2.24) is 14.7 Å². The molecule has 2 aliphatic rings. The molecule has 2 unspecified atom stereocenters. The Kier molecular flexibility index (Phi) is 4.88. The van der Waals surface area contributed by atoms with E-state index in [-0.39, 0.29) is 30.1 Å². The maximum Gasteiger partial charge on any atom is 0.435 e. The van der Waals surface area contributed by atoms with Crippen LogP contribution in [-0.2, 0) is 23.8 Å². The van der Waals surface area contributed by atoms with Crippen LogP contribution in [0.5, 0.6) is 0 Å². The van der Waals surface area contributed by atoms with Gasteiger partial charge in [0.2, 0.25) is 0 Å². The maximum absolute atomic E-state index is 13.7. The molecule has 1 aliphatic heterocycles. The highest BCUT2D eigenvalue weighted by atomic mass is 19.4. The van der Waals surface area contributed by atoms with Crippen molar-refractivity contribution >= 4 is 5.91 Å². The van der Waals surface area contributed by atoms with Crippen molar-refractivity contribution in [2.75, 3.05) is 13.1 Å². The van der Waals surface area contributed by atoms with E-state index in [1.807, 2.05) is 13.8 Å². The number of aryl methyl sites for hydroxylation is 1. The lowest BCUT2D eigenvalue weighted by Gasteiger charge is -2.35. The minimum atomic E-state index is -4.56. The van der Waals surface area contributed by atoms with Gasteiger partial charge in [-0.3, -0.25) is 4.79 Å². The Morgan fingerprint density at radius 2 is 1.75 bits per heavy atom. The van der Waals surface area contributed by atoms with Crippen LogP contribution in [0.3, 0.4) is 0 Å². The van der Waals surface area contributed by atoms with Crippen LogP contribution in [0.2, 0.25) is 0 Å². The number of ether oxygens (including phenoxy) is 1. The third-order valence-corrected chi connectivity index (χ3v) is 5.92. The molecular formula is C23H22F3N3O3. The van der Waals surface area contributed by atoms with E-state index < -0.39 is 11.9 Å². The summed E-state index contributed by atoms with van der Waals surface area (Å²) < 4.78 is 53.5. The first-order valence-electron chi connectivity index (χ1n) is 10.5. The average Bonchev–Trinajstić information content (AvgIpc) is 3.36. The second kappa shape index (κ2) is 7.51. The predicted octanol–water partition coefficient (Wildman–Crippen LogP) is 4.50. The SMILES string of the molecule is CC1CN(C(=O)c2ccc(-n3nc(C(F)(F)F)c4c3-c3ccoc3CC4)cc2)CC(C)O1. The molecule has 3 heterocycles. The van der Waals surface area contributed by atoms with E-state index in [2.05, 4.69) is 5.10 Å². The molecule has 1 fully saturated rings. The van der Waals surface area contributed by atoms with Crippen LogP contribution in [0.4, 0.5) is 13.2 Å². The summed E-state index contributed by atoms with van der Waals surface area (Å²) in [4.78, 5) is 14.7. The Morgan fingerprint density at radius 3 is 2.41 bits per heavy atom. The molecule has 32 heavy (non-hydrogen) atoms. The molecule has 2 atom stereocenters. The number of rotatable bonds is 2. The fourth-order valence-corrected chi connectivity index (χ4v) is 4.63. The Bertz CT molecular complexity index is 1150. The number of hydrogen-bond donors (Lipinski definition) is 0. The average molecular weight is 445 g/mol. The van der Waals surface area contributed by atoms with Crippen LogP contribution in [0.1, 0.15) is 41.2 Å². The lowest BCUT2D eigenvalue weighted by Crippen LogP contribution is -2.48. The lowest BCUT2D eigenvalue weighted by atomic mass is 9.94. The summed E-state index contributed by atoms with van der Waals surface area (Å²) in [5, 5.41) is 3.93. The van der Waals surface area contributed by atoms with Crippen molar-refractivity contribution in [2.45, 2.75) is 45.1 Å². The molecule has 3 aromatic rings. The molecule has 0 spiro atoms. The van der Waals surface area contributed by atoms with E-state index >= 15 is 0 Å². The highest BCUT2D eigenvalue weighted by Crippen LogP contribution is 2.42. The molecule has 9 heteroatoms. The molecule has 1 saturated heterocycles. The van der Waals surface area contributed by atoms with Crippen LogP contribution in [0, 0.1) is 0 Å². The minimum Gasteiger partial charge on any atom is -0.469 e. The van der Waals surface area contributed by atoms with Crippen molar-refractivity contribution in [2.24, 2.45) is 0 Å². The number of furan rings is 1. The van der Waals surface area contributed by atoms with Gasteiger partial charge < -0.3 is 14.1 Å². The number of fused-ring (bicyclic) bond motifs is 3. The third kappa shape index (κ3) is 3.50. The quantitative estimate of drug-likeness (QED) is 0.583. The summed E-state index contributed by atoms with van der Waals surface area (Å²) in [5.74, 6) is 0.517. The van der Waals surface area contributed by atoms with E-state index in [1.165, 1.54) is 10.9 Å². The van der Waals surface area contributed by atoms with Crippen molar-refractivity contribution in [3.05, 3.63) is 59.2 Å². The Balaban J connectivity index is 1.51. The maximum atomic E-state index is 13.7. The van der Waals surface area contributed by atoms with Crippen LogP contribution < -0.4 is 0 Å². The molecule has 168 valence electrons. The number of carbonyl (C=O) groups is 1. The monoisotopic (exact) mass is 445 g/mol. The summed E-state index contributed by atoms with van der Waals surface area (Å²) in [5.41, 5.74) is 1.22. The van der Waals surface area contributed by atoms with E-state index in [0.717, 1.165) is 0 Å². The van der Waals surface area contributed by atoms with Gasteiger partial charge in [-0.2, -0.15) is 18.3 Å². The van der Waals surface area contributed by atoms with Crippen molar-refractivity contribution in [3.8, 4) is 16.9 Å². The normalized spacial score (nSPS) is 20.7. The molecule has 1 aromatic carbocycles. The Labute approximate surface area is 182 Å². The van der Waals surface area contributed by atoms with Gasteiger partial charge in [-0.05, 0) is 50.6 Å². The Morgan fingerprint density at radius 1 is 1.06 bits per heavy atom. The smallest absolute Gasteiger partial charge is 0.435 e. The van der Waals surface area contributed by atoms with Crippen LogP contribution in [0.25, 0.3) is 16.9 Å². The molecule has 0 saturated carbocycles. The second-order valence-electron chi connectivity index (χ2n) is 8.36. The summed E-state index contributed by atoms with van der Waals surface area (Å²) in [6.45, 7) is 4.83. The number of morpholine rings is 1. The van der Waals surface area contributed by atoms with Gasteiger partial charge in [-0.1, -0.05) is 0 Å². The topological polar surface area (TPSA) is 60.5 Å². The van der Waals surface area contributed by atoms with Gasteiger partial charge >= 0.3 is 6.18 Å². The lowest BCUT2D eigenvalue weighted by molar-refractivity contribution is -0.142. The summed E-state index contributed by atoms with van der Waals surface area (Å²) in [6.07, 6.45) is -2.58. The zero-order valence-electron chi connectivity index (χ0n) is 17.6. The molecule has 1 amide bonds. The van der Waals surface area contributed by atoms with E-state index in [0.29, 0.717) is 47.8 Å². The summed E-state index contributed by atoms with van der Waals surface area (Å²) in [7, 11) is 0. The van der Waals surface area contributed by atoms with Gasteiger partial charge in [-0.15, -0.1) is 0 Å². The van der Waals surface area contributed by atoms with Crippen LogP contribution in [0.15, 0.2) is 41.0 Å². The molecule has 0 bridgehead atoms. The molecule has 2 aromatic heterocycles. The number of aromatic nitrogens is 2. The first kappa shape index (κ1) is 20.8. The van der Waals surface area contributed by atoms with Crippen molar-refractivity contribution in [3.63, 3.8) is 0 Å². The fraction of sp³-hybridized carbons (Fsp3) is 0.391. The number of alkyl halides is 3. The van der Waals surface area contributed by atoms with Crippen LogP contribution in [-0.4, -0.2) is 45.9 Å². The molecule has 0 radical (unpaired) electrons. The first-order valence-corrected chi connectivity index (χ1v) is 10.5. The van der Waals surface area contributed by atoms with E-state index in [1.54, 1.807) is 35.2 Å².